The molecule has 0 spiro atoms. The van der Waals surface area contributed by atoms with E-state index >= 15 is 0 Å². The van der Waals surface area contributed by atoms with E-state index in [2.05, 4.69) is 15.9 Å². The molecule has 1 aliphatic rings. The first-order valence-corrected chi connectivity index (χ1v) is 7.64. The van der Waals surface area contributed by atoms with Crippen molar-refractivity contribution in [1.29, 1.82) is 0 Å². The van der Waals surface area contributed by atoms with Gasteiger partial charge >= 0.3 is 0 Å². The zero-order chi connectivity index (χ0) is 15.0. The third kappa shape index (κ3) is 2.97. The van der Waals surface area contributed by atoms with Crippen molar-refractivity contribution in [2.45, 2.75) is 12.8 Å². The average Bonchev–Trinajstić information content (AvgIpc) is 2.86. The number of fused-ring (bicyclic) bond motifs is 1. The van der Waals surface area contributed by atoms with Crippen molar-refractivity contribution in [3.8, 4) is 5.75 Å². The second kappa shape index (κ2) is 5.78. The third-order valence-corrected chi connectivity index (χ3v) is 4.10. The summed E-state index contributed by atoms with van der Waals surface area (Å²) in [5.74, 6) is -0.138. The highest BCUT2D eigenvalue weighted by atomic mass is 79.9. The molecule has 108 valence electrons. The molecule has 3 rings (SSSR count). The molecule has 0 atom stereocenters. The number of carbonyl (C=O) groups excluding carboxylic acids is 1. The molecule has 0 aliphatic carbocycles. The van der Waals surface area contributed by atoms with Crippen LogP contribution in [0, 0.1) is 5.82 Å². The first-order chi connectivity index (χ1) is 10.0. The number of rotatable bonds is 3. The second-order valence-electron chi connectivity index (χ2n) is 4.88. The summed E-state index contributed by atoms with van der Waals surface area (Å²) >= 11 is 9.13. The molecule has 0 radical (unpaired) electrons. The first-order valence-electron chi connectivity index (χ1n) is 6.47. The number of carbonyl (C=O) groups is 1. The predicted molar refractivity (Wildman–Crippen MR) is 82.8 cm³/mol. The monoisotopic (exact) mass is 368 g/mol. The van der Waals surface area contributed by atoms with Gasteiger partial charge in [-0.15, -0.1) is 0 Å². The number of ketones is 1. The standard InChI is InChI=1S/C16H11BrClFO2/c17-11-5-9-3-4-21-16(9)10(6-11)7-15(20)13-2-1-12(18)8-14(13)19/h1-2,5-6,8H,3-4,7H2. The quantitative estimate of drug-likeness (QED) is 0.739. The molecule has 0 amide bonds. The van der Waals surface area contributed by atoms with Crippen molar-refractivity contribution in [1.82, 2.24) is 0 Å². The summed E-state index contributed by atoms with van der Waals surface area (Å²) in [6, 6.07) is 7.91. The maximum absolute atomic E-state index is 13.8. The minimum Gasteiger partial charge on any atom is -0.493 e. The Morgan fingerprint density at radius 1 is 1.33 bits per heavy atom. The van der Waals surface area contributed by atoms with Gasteiger partial charge in [0.05, 0.1) is 12.2 Å². The molecule has 1 aliphatic heterocycles. The summed E-state index contributed by atoms with van der Waals surface area (Å²) in [4.78, 5) is 12.3. The van der Waals surface area contributed by atoms with E-state index in [0.717, 1.165) is 33.8 Å². The van der Waals surface area contributed by atoms with E-state index in [-0.39, 0.29) is 22.8 Å². The summed E-state index contributed by atoms with van der Waals surface area (Å²) in [5, 5.41) is 0.274. The fourth-order valence-corrected chi connectivity index (χ4v) is 3.17. The van der Waals surface area contributed by atoms with Crippen LogP contribution in [-0.2, 0) is 12.8 Å². The fraction of sp³-hybridized carbons (Fsp3) is 0.188. The van der Waals surface area contributed by atoms with E-state index in [0.29, 0.717) is 6.61 Å². The molecule has 0 aromatic heterocycles. The van der Waals surface area contributed by atoms with Gasteiger partial charge in [0.15, 0.2) is 5.78 Å². The van der Waals surface area contributed by atoms with Crippen LogP contribution in [0.2, 0.25) is 5.02 Å². The Bertz CT molecular complexity index is 730. The zero-order valence-electron chi connectivity index (χ0n) is 11.0. The lowest BCUT2D eigenvalue weighted by molar-refractivity contribution is 0.0988. The van der Waals surface area contributed by atoms with Gasteiger partial charge in [-0.2, -0.15) is 0 Å². The van der Waals surface area contributed by atoms with Gasteiger partial charge in [0.1, 0.15) is 11.6 Å². The highest BCUT2D eigenvalue weighted by Gasteiger charge is 2.21. The van der Waals surface area contributed by atoms with E-state index in [1.807, 2.05) is 12.1 Å². The van der Waals surface area contributed by atoms with Gasteiger partial charge in [-0.05, 0) is 35.9 Å². The molecular formula is C16H11BrClFO2. The van der Waals surface area contributed by atoms with Crippen LogP contribution >= 0.6 is 27.5 Å². The van der Waals surface area contributed by atoms with E-state index in [1.54, 1.807) is 0 Å². The minimum absolute atomic E-state index is 0.0473. The Hall–Kier alpha value is -1.39. The molecule has 1 heterocycles. The molecule has 0 bridgehead atoms. The Labute approximate surface area is 135 Å². The number of ether oxygens (including phenoxy) is 1. The van der Waals surface area contributed by atoms with Crippen molar-refractivity contribution in [2.75, 3.05) is 6.61 Å². The highest BCUT2D eigenvalue weighted by Crippen LogP contribution is 2.33. The van der Waals surface area contributed by atoms with Crippen molar-refractivity contribution >= 4 is 33.3 Å². The zero-order valence-corrected chi connectivity index (χ0v) is 13.3. The van der Waals surface area contributed by atoms with Crippen LogP contribution in [0.4, 0.5) is 4.39 Å². The SMILES string of the molecule is O=C(Cc1cc(Br)cc2c1OCC2)c1ccc(Cl)cc1F. The predicted octanol–water partition coefficient (Wildman–Crippen LogP) is 4.60. The summed E-state index contributed by atoms with van der Waals surface area (Å²) in [7, 11) is 0. The number of hydrogen-bond acceptors (Lipinski definition) is 2. The van der Waals surface area contributed by atoms with E-state index in [4.69, 9.17) is 16.3 Å². The lowest BCUT2D eigenvalue weighted by Crippen LogP contribution is -2.07. The van der Waals surface area contributed by atoms with E-state index in [9.17, 15) is 9.18 Å². The largest absolute Gasteiger partial charge is 0.493 e. The molecule has 0 fully saturated rings. The van der Waals surface area contributed by atoms with Crippen LogP contribution in [0.25, 0.3) is 0 Å². The van der Waals surface area contributed by atoms with Crippen LogP contribution in [0.15, 0.2) is 34.8 Å². The van der Waals surface area contributed by atoms with Gasteiger partial charge in [-0.1, -0.05) is 27.5 Å². The average molecular weight is 370 g/mol. The highest BCUT2D eigenvalue weighted by molar-refractivity contribution is 9.10. The van der Waals surface area contributed by atoms with Crippen LogP contribution in [0.3, 0.4) is 0 Å². The molecule has 0 saturated heterocycles. The summed E-state index contributed by atoms with van der Waals surface area (Å²) in [6.07, 6.45) is 0.922. The summed E-state index contributed by atoms with van der Waals surface area (Å²) in [6.45, 7) is 0.613. The third-order valence-electron chi connectivity index (χ3n) is 3.41. The lowest BCUT2D eigenvalue weighted by Gasteiger charge is -2.09. The summed E-state index contributed by atoms with van der Waals surface area (Å²) in [5.41, 5.74) is 1.89. The van der Waals surface area contributed by atoms with Crippen molar-refractivity contribution in [2.24, 2.45) is 0 Å². The van der Waals surface area contributed by atoms with E-state index < -0.39 is 5.82 Å². The van der Waals surface area contributed by atoms with Gasteiger partial charge in [-0.25, -0.2) is 4.39 Å². The van der Waals surface area contributed by atoms with Gasteiger partial charge in [-0.3, -0.25) is 4.79 Å². The normalized spacial score (nSPS) is 12.9. The van der Waals surface area contributed by atoms with Crippen LogP contribution in [0.5, 0.6) is 5.75 Å². The number of Topliss-reactive ketones (excluding diaryl/α,β-unsaturated/α-hetero) is 1. The molecule has 0 N–H and O–H groups in total. The van der Waals surface area contributed by atoms with Crippen LogP contribution < -0.4 is 4.74 Å². The molecule has 0 saturated carbocycles. The molecular weight excluding hydrogens is 359 g/mol. The van der Waals surface area contributed by atoms with E-state index in [1.165, 1.54) is 12.1 Å². The number of halogens is 3. The van der Waals surface area contributed by atoms with Gasteiger partial charge in [0, 0.05) is 27.9 Å². The second-order valence-corrected chi connectivity index (χ2v) is 6.23. The smallest absolute Gasteiger partial charge is 0.170 e. The fourth-order valence-electron chi connectivity index (χ4n) is 2.46. The lowest BCUT2D eigenvalue weighted by atomic mass is 10.00. The van der Waals surface area contributed by atoms with Gasteiger partial charge in [0.2, 0.25) is 0 Å². The molecule has 2 aromatic rings. The number of hydrogen-bond donors (Lipinski definition) is 0. The van der Waals surface area contributed by atoms with Crippen LogP contribution in [-0.4, -0.2) is 12.4 Å². The minimum atomic E-state index is -0.597. The topological polar surface area (TPSA) is 26.3 Å². The Morgan fingerprint density at radius 3 is 2.90 bits per heavy atom. The maximum atomic E-state index is 13.8. The maximum Gasteiger partial charge on any atom is 0.170 e. The molecule has 21 heavy (non-hydrogen) atoms. The van der Waals surface area contributed by atoms with Gasteiger partial charge < -0.3 is 4.74 Å². The van der Waals surface area contributed by atoms with Crippen molar-refractivity contribution < 1.29 is 13.9 Å². The first kappa shape index (κ1) is 14.5. The molecule has 5 heteroatoms. The Kier molecular flexibility index (Phi) is 4.00. The van der Waals surface area contributed by atoms with Gasteiger partial charge in [0.25, 0.3) is 0 Å². The van der Waals surface area contributed by atoms with Crippen LogP contribution in [0.1, 0.15) is 21.5 Å². The number of benzene rings is 2. The van der Waals surface area contributed by atoms with Crippen molar-refractivity contribution in [3.05, 3.63) is 62.3 Å². The molecule has 2 aromatic carbocycles. The molecule has 0 unspecified atom stereocenters. The Balaban J connectivity index is 1.92. The summed E-state index contributed by atoms with van der Waals surface area (Å²) < 4.78 is 20.3. The molecule has 2 nitrogen and oxygen atoms in total. The van der Waals surface area contributed by atoms with Crippen molar-refractivity contribution in [3.63, 3.8) is 0 Å². The Morgan fingerprint density at radius 2 is 2.14 bits per heavy atom.